The molecule has 1 aromatic rings. The lowest BCUT2D eigenvalue weighted by Crippen LogP contribution is -1.94. The number of unbranched alkanes of at least 4 members (excludes halogenated alkanes) is 1. The van der Waals surface area contributed by atoms with Gasteiger partial charge in [0, 0.05) is 12.5 Å². The van der Waals surface area contributed by atoms with Crippen molar-refractivity contribution >= 4 is 0 Å². The maximum atomic E-state index is 10.7. The molecule has 1 rings (SSSR count). The monoisotopic (exact) mass is 162 g/mol. The number of hydrogen-bond donors (Lipinski definition) is 0. The topological polar surface area (TPSA) is 30.2 Å². The van der Waals surface area contributed by atoms with Crippen molar-refractivity contribution in [3.63, 3.8) is 0 Å². The van der Waals surface area contributed by atoms with Crippen LogP contribution in [-0.2, 0) is 0 Å². The molecular formula is C10H10O2. The van der Waals surface area contributed by atoms with E-state index in [0.29, 0.717) is 5.76 Å². The first-order valence-corrected chi connectivity index (χ1v) is 3.92. The second kappa shape index (κ2) is 4.40. The van der Waals surface area contributed by atoms with Crippen molar-refractivity contribution < 1.29 is 4.42 Å². The SMILES string of the molecule is CCCC#Cc1cccc(=O)o1. The van der Waals surface area contributed by atoms with Crippen LogP contribution in [0, 0.1) is 11.8 Å². The summed E-state index contributed by atoms with van der Waals surface area (Å²) in [5.74, 6) is 6.11. The molecule has 1 aromatic heterocycles. The van der Waals surface area contributed by atoms with Gasteiger partial charge in [-0.3, -0.25) is 0 Å². The van der Waals surface area contributed by atoms with Gasteiger partial charge in [0.05, 0.1) is 0 Å². The molecule has 0 saturated heterocycles. The molecule has 0 aromatic carbocycles. The van der Waals surface area contributed by atoms with Gasteiger partial charge >= 0.3 is 5.63 Å². The highest BCUT2D eigenvalue weighted by Gasteiger charge is 1.87. The number of rotatable bonds is 1. The molecule has 12 heavy (non-hydrogen) atoms. The minimum absolute atomic E-state index is 0.349. The highest BCUT2D eigenvalue weighted by Crippen LogP contribution is 1.91. The van der Waals surface area contributed by atoms with E-state index >= 15 is 0 Å². The quantitative estimate of drug-likeness (QED) is 0.589. The van der Waals surface area contributed by atoms with Gasteiger partial charge in [0.1, 0.15) is 0 Å². The zero-order chi connectivity index (χ0) is 8.81. The van der Waals surface area contributed by atoms with Gasteiger partial charge < -0.3 is 4.42 Å². The Morgan fingerprint density at radius 2 is 2.33 bits per heavy atom. The van der Waals surface area contributed by atoms with Gasteiger partial charge in [-0.15, -0.1) is 0 Å². The Morgan fingerprint density at radius 3 is 3.00 bits per heavy atom. The first kappa shape index (κ1) is 8.61. The van der Waals surface area contributed by atoms with E-state index in [0.717, 1.165) is 12.8 Å². The Hall–Kier alpha value is -1.49. The first-order chi connectivity index (χ1) is 5.83. The standard InChI is InChI=1S/C10H10O2/c1-2-3-4-6-9-7-5-8-10(11)12-9/h5,7-8H,2-3H2,1H3. The lowest BCUT2D eigenvalue weighted by molar-refractivity contribution is 0.498. The van der Waals surface area contributed by atoms with Crippen LogP contribution >= 0.6 is 0 Å². The Morgan fingerprint density at radius 1 is 1.50 bits per heavy atom. The van der Waals surface area contributed by atoms with E-state index in [-0.39, 0.29) is 5.63 Å². The summed E-state index contributed by atoms with van der Waals surface area (Å²) in [6, 6.07) is 4.69. The molecule has 1 heterocycles. The van der Waals surface area contributed by atoms with Crippen molar-refractivity contribution in [3.05, 3.63) is 34.4 Å². The molecule has 0 aliphatic rings. The fourth-order valence-corrected chi connectivity index (χ4v) is 0.732. The molecule has 0 aliphatic carbocycles. The van der Waals surface area contributed by atoms with Crippen LogP contribution in [0.3, 0.4) is 0 Å². The maximum absolute atomic E-state index is 10.7. The van der Waals surface area contributed by atoms with Crippen molar-refractivity contribution in [1.82, 2.24) is 0 Å². The molecule has 0 aliphatic heterocycles. The van der Waals surface area contributed by atoms with Crippen LogP contribution in [0.25, 0.3) is 0 Å². The van der Waals surface area contributed by atoms with E-state index in [1.165, 1.54) is 6.07 Å². The van der Waals surface area contributed by atoms with Crippen molar-refractivity contribution in [2.75, 3.05) is 0 Å². The Bertz CT molecular complexity index is 352. The molecule has 62 valence electrons. The molecule has 0 N–H and O–H groups in total. The first-order valence-electron chi connectivity index (χ1n) is 3.92. The van der Waals surface area contributed by atoms with Crippen LogP contribution in [0.1, 0.15) is 25.5 Å². The highest BCUT2D eigenvalue weighted by molar-refractivity contribution is 5.23. The lowest BCUT2D eigenvalue weighted by Gasteiger charge is -1.85. The van der Waals surface area contributed by atoms with Crippen LogP contribution in [0.4, 0.5) is 0 Å². The highest BCUT2D eigenvalue weighted by atomic mass is 16.4. The maximum Gasteiger partial charge on any atom is 0.336 e. The molecule has 0 radical (unpaired) electrons. The summed E-state index contributed by atoms with van der Waals surface area (Å²) in [6.07, 6.45) is 1.85. The average Bonchev–Trinajstić information content (AvgIpc) is 2.05. The average molecular weight is 162 g/mol. The summed E-state index contributed by atoms with van der Waals surface area (Å²) < 4.78 is 4.79. The van der Waals surface area contributed by atoms with Gasteiger partial charge in [-0.05, 0) is 18.4 Å². The fraction of sp³-hybridized carbons (Fsp3) is 0.300. The summed E-state index contributed by atoms with van der Waals surface area (Å²) >= 11 is 0. The molecule has 2 heteroatoms. The Labute approximate surface area is 71.2 Å². The molecular weight excluding hydrogens is 152 g/mol. The van der Waals surface area contributed by atoms with E-state index in [2.05, 4.69) is 18.8 Å². The van der Waals surface area contributed by atoms with Crippen LogP contribution < -0.4 is 5.63 Å². The Kier molecular flexibility index (Phi) is 3.16. The number of hydrogen-bond acceptors (Lipinski definition) is 2. The van der Waals surface area contributed by atoms with Crippen LogP contribution in [0.5, 0.6) is 0 Å². The summed E-state index contributed by atoms with van der Waals surface area (Å²) in [7, 11) is 0. The van der Waals surface area contributed by atoms with Gasteiger partial charge in [0.15, 0.2) is 5.76 Å². The van der Waals surface area contributed by atoms with E-state index in [1.54, 1.807) is 12.1 Å². The van der Waals surface area contributed by atoms with E-state index in [1.807, 2.05) is 0 Å². The van der Waals surface area contributed by atoms with Crippen LogP contribution in [0.2, 0.25) is 0 Å². The predicted molar refractivity (Wildman–Crippen MR) is 46.8 cm³/mol. The second-order valence-corrected chi connectivity index (χ2v) is 2.36. The van der Waals surface area contributed by atoms with Crippen molar-refractivity contribution in [2.24, 2.45) is 0 Å². The van der Waals surface area contributed by atoms with Gasteiger partial charge in [-0.25, -0.2) is 4.79 Å². The van der Waals surface area contributed by atoms with Crippen LogP contribution in [-0.4, -0.2) is 0 Å². The van der Waals surface area contributed by atoms with Crippen molar-refractivity contribution in [1.29, 1.82) is 0 Å². The smallest absolute Gasteiger partial charge is 0.336 e. The largest absolute Gasteiger partial charge is 0.414 e. The van der Waals surface area contributed by atoms with Crippen LogP contribution in [0.15, 0.2) is 27.4 Å². The molecule has 2 nitrogen and oxygen atoms in total. The molecule has 0 atom stereocenters. The third-order valence-electron chi connectivity index (χ3n) is 1.28. The molecule has 0 saturated carbocycles. The summed E-state index contributed by atoms with van der Waals surface area (Å²) in [5, 5.41) is 0. The zero-order valence-electron chi connectivity index (χ0n) is 6.96. The van der Waals surface area contributed by atoms with E-state index in [9.17, 15) is 4.79 Å². The minimum atomic E-state index is -0.349. The third-order valence-corrected chi connectivity index (χ3v) is 1.28. The molecule has 0 amide bonds. The van der Waals surface area contributed by atoms with Gasteiger partial charge in [-0.1, -0.05) is 18.9 Å². The lowest BCUT2D eigenvalue weighted by atomic mass is 10.3. The summed E-state index contributed by atoms with van der Waals surface area (Å²) in [6.45, 7) is 2.05. The van der Waals surface area contributed by atoms with Gasteiger partial charge in [-0.2, -0.15) is 0 Å². The fourth-order valence-electron chi connectivity index (χ4n) is 0.732. The molecule has 0 bridgehead atoms. The van der Waals surface area contributed by atoms with E-state index < -0.39 is 0 Å². The Balaban J connectivity index is 2.78. The minimum Gasteiger partial charge on any atom is -0.414 e. The molecule has 0 spiro atoms. The molecule has 0 unspecified atom stereocenters. The molecule has 0 fully saturated rings. The second-order valence-electron chi connectivity index (χ2n) is 2.36. The third kappa shape index (κ3) is 2.63. The normalized spacial score (nSPS) is 8.75. The van der Waals surface area contributed by atoms with Gasteiger partial charge in [0.25, 0.3) is 0 Å². The van der Waals surface area contributed by atoms with Gasteiger partial charge in [0.2, 0.25) is 0 Å². The summed E-state index contributed by atoms with van der Waals surface area (Å²) in [4.78, 5) is 10.7. The van der Waals surface area contributed by atoms with Crippen molar-refractivity contribution in [3.8, 4) is 11.8 Å². The van der Waals surface area contributed by atoms with Crippen molar-refractivity contribution in [2.45, 2.75) is 19.8 Å². The zero-order valence-corrected chi connectivity index (χ0v) is 6.96. The predicted octanol–water partition coefficient (Wildman–Crippen LogP) is 1.79. The van der Waals surface area contributed by atoms with E-state index in [4.69, 9.17) is 4.42 Å². The summed E-state index contributed by atoms with van der Waals surface area (Å²) in [5.41, 5.74) is -0.349.